The second-order valence-corrected chi connectivity index (χ2v) is 2.56. The van der Waals surface area contributed by atoms with Gasteiger partial charge in [-0.2, -0.15) is 0 Å². The highest BCUT2D eigenvalue weighted by Crippen LogP contribution is 2.15. The summed E-state index contributed by atoms with van der Waals surface area (Å²) in [6.45, 7) is 0. The zero-order chi connectivity index (χ0) is 5.28. The molecule has 1 aliphatic rings. The van der Waals surface area contributed by atoms with E-state index in [4.69, 9.17) is 0 Å². The van der Waals surface area contributed by atoms with Gasteiger partial charge in [0.05, 0.1) is 0 Å². The third-order valence-electron chi connectivity index (χ3n) is 0.677. The summed E-state index contributed by atoms with van der Waals surface area (Å²) >= 11 is 0. The highest BCUT2D eigenvalue weighted by molar-refractivity contribution is 7.69. The SMILES string of the molecule is O=C1C=CC=[P+]1[O-]. The zero-order valence-corrected chi connectivity index (χ0v) is 4.39. The third-order valence-corrected chi connectivity index (χ3v) is 1.70. The van der Waals surface area contributed by atoms with Gasteiger partial charge in [-0.3, -0.25) is 0 Å². The molecule has 36 valence electrons. The molecule has 0 radical (unpaired) electrons. The predicted molar refractivity (Wildman–Crippen MR) is 27.1 cm³/mol. The number of hydrogen-bond donors (Lipinski definition) is 0. The minimum atomic E-state index is -1.65. The Morgan fingerprint density at radius 3 is 2.57 bits per heavy atom. The van der Waals surface area contributed by atoms with Crippen molar-refractivity contribution in [3.8, 4) is 0 Å². The lowest BCUT2D eigenvalue weighted by Crippen LogP contribution is -1.93. The second kappa shape index (κ2) is 1.57. The molecule has 7 heavy (non-hydrogen) atoms. The van der Waals surface area contributed by atoms with Gasteiger partial charge in [-0.25, -0.2) is 4.79 Å². The van der Waals surface area contributed by atoms with E-state index in [-0.39, 0.29) is 5.52 Å². The van der Waals surface area contributed by atoms with Crippen LogP contribution in [0.25, 0.3) is 0 Å². The summed E-state index contributed by atoms with van der Waals surface area (Å²) in [5, 5.41) is 0. The number of carbonyl (C=O) groups excluding carboxylic acids is 1. The van der Waals surface area contributed by atoms with Crippen molar-refractivity contribution >= 4 is 19.1 Å². The van der Waals surface area contributed by atoms with E-state index < -0.39 is 7.77 Å². The molecule has 0 saturated carbocycles. The van der Waals surface area contributed by atoms with Crippen molar-refractivity contribution in [1.29, 1.82) is 0 Å². The Bertz CT molecular complexity index is 157. The third kappa shape index (κ3) is 0.763. The molecule has 3 heteroatoms. The van der Waals surface area contributed by atoms with Crippen molar-refractivity contribution in [3.63, 3.8) is 0 Å². The Morgan fingerprint density at radius 2 is 2.43 bits per heavy atom. The highest BCUT2D eigenvalue weighted by Gasteiger charge is 2.09. The fraction of sp³-hybridized carbons (Fsp3) is 0. The van der Waals surface area contributed by atoms with E-state index >= 15 is 0 Å². The summed E-state index contributed by atoms with van der Waals surface area (Å²) in [5.74, 6) is 1.40. The molecule has 2 nitrogen and oxygen atoms in total. The lowest BCUT2D eigenvalue weighted by atomic mass is 10.6. The first kappa shape index (κ1) is 4.69. The fourth-order valence-electron chi connectivity index (χ4n) is 0.350. The first-order valence-corrected chi connectivity index (χ1v) is 3.15. The molecule has 1 aliphatic heterocycles. The van der Waals surface area contributed by atoms with Gasteiger partial charge in [0, 0.05) is 6.08 Å². The molecule has 0 spiro atoms. The minimum absolute atomic E-state index is 0.269. The second-order valence-electron chi connectivity index (χ2n) is 1.17. The van der Waals surface area contributed by atoms with E-state index in [0.717, 1.165) is 0 Å². The van der Waals surface area contributed by atoms with Gasteiger partial charge in [-0.05, 0) is 6.08 Å². The van der Waals surface area contributed by atoms with E-state index in [1.165, 1.54) is 17.9 Å². The monoisotopic (exact) mass is 114 g/mol. The summed E-state index contributed by atoms with van der Waals surface area (Å²) < 4.78 is 0. The molecule has 0 bridgehead atoms. The Hall–Kier alpha value is -0.460. The first-order chi connectivity index (χ1) is 3.30. The van der Waals surface area contributed by atoms with Crippen molar-refractivity contribution in [2.24, 2.45) is 0 Å². The van der Waals surface area contributed by atoms with Gasteiger partial charge in [0.25, 0.3) is 0 Å². The average molecular weight is 114 g/mol. The van der Waals surface area contributed by atoms with Crippen LogP contribution < -0.4 is 4.89 Å². The minimum Gasteiger partial charge on any atom is -0.623 e. The molecular weight excluding hydrogens is 111 g/mol. The summed E-state index contributed by atoms with van der Waals surface area (Å²) in [7, 11) is -1.65. The normalized spacial score (nSPS) is 23.0. The number of carbonyl (C=O) groups is 1. The van der Waals surface area contributed by atoms with Gasteiger partial charge >= 0.3 is 5.52 Å². The van der Waals surface area contributed by atoms with Crippen LogP contribution in [0, 0.1) is 0 Å². The van der Waals surface area contributed by atoms with Crippen LogP contribution in [0.5, 0.6) is 0 Å². The molecule has 1 atom stereocenters. The van der Waals surface area contributed by atoms with Crippen LogP contribution in [0.3, 0.4) is 0 Å². The molecule has 1 unspecified atom stereocenters. The fourth-order valence-corrected chi connectivity index (χ4v) is 0.973. The van der Waals surface area contributed by atoms with Crippen LogP contribution in [-0.4, -0.2) is 11.3 Å². The molecular formula is C4H3O2P. The van der Waals surface area contributed by atoms with Crippen molar-refractivity contribution in [3.05, 3.63) is 12.2 Å². The van der Waals surface area contributed by atoms with Crippen molar-refractivity contribution < 1.29 is 9.69 Å². The van der Waals surface area contributed by atoms with Gasteiger partial charge < -0.3 is 4.89 Å². The maximum atomic E-state index is 10.3. The lowest BCUT2D eigenvalue weighted by molar-refractivity contribution is -0.157. The summed E-state index contributed by atoms with van der Waals surface area (Å²) in [6, 6.07) is 0. The molecule has 0 aromatic carbocycles. The van der Waals surface area contributed by atoms with E-state index in [1.807, 2.05) is 0 Å². The van der Waals surface area contributed by atoms with Gasteiger partial charge in [0.15, 0.2) is 0 Å². The quantitative estimate of drug-likeness (QED) is 0.403. The van der Waals surface area contributed by atoms with E-state index in [0.29, 0.717) is 0 Å². The Morgan fingerprint density at radius 1 is 1.71 bits per heavy atom. The summed E-state index contributed by atoms with van der Waals surface area (Å²) in [6.07, 6.45) is 2.83. The van der Waals surface area contributed by atoms with Crippen LogP contribution in [0.2, 0.25) is 0 Å². The topological polar surface area (TPSA) is 40.1 Å². The van der Waals surface area contributed by atoms with E-state index in [2.05, 4.69) is 0 Å². The van der Waals surface area contributed by atoms with Crippen molar-refractivity contribution in [2.45, 2.75) is 0 Å². The molecule has 0 aliphatic carbocycles. The standard InChI is InChI=1S/C4H3O2P/c5-4-2-1-3-7(4)6/h1-3H. The van der Waals surface area contributed by atoms with Crippen LogP contribution in [0.1, 0.15) is 0 Å². The summed E-state index contributed by atoms with van der Waals surface area (Å²) in [5.41, 5.74) is -0.269. The number of allylic oxidation sites excluding steroid dienone is 2. The van der Waals surface area contributed by atoms with Gasteiger partial charge in [-0.1, -0.05) is 0 Å². The van der Waals surface area contributed by atoms with Gasteiger partial charge in [-0.15, -0.1) is 0 Å². The first-order valence-electron chi connectivity index (χ1n) is 1.82. The Balaban J connectivity index is 2.89. The van der Waals surface area contributed by atoms with Gasteiger partial charge in [0.1, 0.15) is 13.6 Å². The maximum Gasteiger partial charge on any atom is 0.342 e. The molecule has 1 rings (SSSR count). The Kier molecular flexibility index (Phi) is 1.05. The molecule has 1 heterocycles. The molecule has 0 aromatic rings. The largest absolute Gasteiger partial charge is 0.623 e. The van der Waals surface area contributed by atoms with E-state index in [9.17, 15) is 9.69 Å². The highest BCUT2D eigenvalue weighted by atomic mass is 31.1. The number of hydrogen-bond acceptors (Lipinski definition) is 2. The van der Waals surface area contributed by atoms with Crippen molar-refractivity contribution in [2.75, 3.05) is 0 Å². The van der Waals surface area contributed by atoms with Crippen LogP contribution in [0.15, 0.2) is 12.2 Å². The van der Waals surface area contributed by atoms with Crippen LogP contribution in [-0.2, 0) is 4.79 Å². The predicted octanol–water partition coefficient (Wildman–Crippen LogP) is -0.358. The summed E-state index contributed by atoms with van der Waals surface area (Å²) in [4.78, 5) is 20.4. The zero-order valence-electron chi connectivity index (χ0n) is 3.50. The van der Waals surface area contributed by atoms with Crippen LogP contribution >= 0.6 is 7.77 Å². The Labute approximate surface area is 41.9 Å². The lowest BCUT2D eigenvalue weighted by Gasteiger charge is -1.79. The smallest absolute Gasteiger partial charge is 0.342 e. The average Bonchev–Trinajstić information content (AvgIpc) is 1.91. The maximum absolute atomic E-state index is 10.3. The van der Waals surface area contributed by atoms with Crippen molar-refractivity contribution in [1.82, 2.24) is 0 Å². The number of rotatable bonds is 0. The molecule has 0 N–H and O–H groups in total. The molecule has 0 fully saturated rings. The van der Waals surface area contributed by atoms with E-state index in [1.54, 1.807) is 0 Å². The van der Waals surface area contributed by atoms with Crippen LogP contribution in [0.4, 0.5) is 0 Å². The molecule has 0 amide bonds. The molecule has 0 aromatic heterocycles. The van der Waals surface area contributed by atoms with Gasteiger partial charge in [0.2, 0.25) is 0 Å². The molecule has 0 saturated heterocycles.